The van der Waals surface area contributed by atoms with Gasteiger partial charge in [-0.1, -0.05) is 15.9 Å². The van der Waals surface area contributed by atoms with Gasteiger partial charge in [0, 0.05) is 32.9 Å². The summed E-state index contributed by atoms with van der Waals surface area (Å²) >= 11 is 7.35. The van der Waals surface area contributed by atoms with Crippen molar-refractivity contribution in [1.29, 1.82) is 0 Å². The van der Waals surface area contributed by atoms with E-state index in [9.17, 15) is 10.2 Å². The summed E-state index contributed by atoms with van der Waals surface area (Å²) < 4.78 is 0.938. The molecule has 0 radical (unpaired) electrons. The Kier molecular flexibility index (Phi) is 3.59. The number of halogens is 1. The zero-order chi connectivity index (χ0) is 11.7. The molecule has 3 N–H and O–H groups in total. The second kappa shape index (κ2) is 4.79. The van der Waals surface area contributed by atoms with Crippen LogP contribution in [0.1, 0.15) is 11.7 Å². The molecule has 0 amide bonds. The Balaban J connectivity index is 2.48. The van der Waals surface area contributed by atoms with Crippen LogP contribution in [0.5, 0.6) is 0 Å². The Morgan fingerprint density at radius 2 is 2.12 bits per heavy atom. The lowest BCUT2D eigenvalue weighted by molar-refractivity contribution is 0.0347. The van der Waals surface area contributed by atoms with E-state index in [1.54, 1.807) is 6.20 Å². The first kappa shape index (κ1) is 12.0. The Morgan fingerprint density at radius 1 is 1.38 bits per heavy atom. The molecule has 1 aromatic carbocycles. The summed E-state index contributed by atoms with van der Waals surface area (Å²) in [7, 11) is 0. The predicted octanol–water partition coefficient (Wildman–Crippen LogP) is 2.25. The Morgan fingerprint density at radius 3 is 2.81 bits per heavy atom. The summed E-state index contributed by atoms with van der Waals surface area (Å²) in [6, 6.07) is 5.75. The van der Waals surface area contributed by atoms with Crippen molar-refractivity contribution in [2.24, 2.45) is 0 Å². The molecular formula is C11H12BrNO2S. The number of aromatic amines is 1. The summed E-state index contributed by atoms with van der Waals surface area (Å²) in [4.78, 5) is 3.06. The highest BCUT2D eigenvalue weighted by Gasteiger charge is 2.20. The van der Waals surface area contributed by atoms with Gasteiger partial charge in [0.05, 0.1) is 6.10 Å². The van der Waals surface area contributed by atoms with Crippen molar-refractivity contribution in [2.45, 2.75) is 12.2 Å². The first-order valence-corrected chi connectivity index (χ1v) is 6.29. The molecule has 86 valence electrons. The average Bonchev–Trinajstić information content (AvgIpc) is 2.69. The van der Waals surface area contributed by atoms with Crippen LogP contribution in [-0.2, 0) is 0 Å². The van der Waals surface area contributed by atoms with E-state index in [2.05, 4.69) is 33.5 Å². The van der Waals surface area contributed by atoms with Crippen LogP contribution in [0.3, 0.4) is 0 Å². The molecule has 0 aliphatic heterocycles. The summed E-state index contributed by atoms with van der Waals surface area (Å²) in [6.45, 7) is 0. The van der Waals surface area contributed by atoms with Crippen LogP contribution in [0.15, 0.2) is 28.9 Å². The fourth-order valence-corrected chi connectivity index (χ4v) is 2.23. The van der Waals surface area contributed by atoms with Gasteiger partial charge in [0.25, 0.3) is 0 Å². The van der Waals surface area contributed by atoms with Crippen molar-refractivity contribution in [2.75, 3.05) is 5.75 Å². The lowest BCUT2D eigenvalue weighted by Gasteiger charge is -2.14. The van der Waals surface area contributed by atoms with Crippen LogP contribution < -0.4 is 0 Å². The van der Waals surface area contributed by atoms with Crippen molar-refractivity contribution in [3.05, 3.63) is 34.4 Å². The molecule has 0 saturated carbocycles. The normalized spacial score (nSPS) is 15.2. The first-order chi connectivity index (χ1) is 7.63. The summed E-state index contributed by atoms with van der Waals surface area (Å²) in [5.41, 5.74) is 1.63. The van der Waals surface area contributed by atoms with Gasteiger partial charge in [0.15, 0.2) is 0 Å². The zero-order valence-electron chi connectivity index (χ0n) is 8.39. The molecule has 16 heavy (non-hydrogen) atoms. The van der Waals surface area contributed by atoms with E-state index < -0.39 is 12.2 Å². The highest BCUT2D eigenvalue weighted by atomic mass is 79.9. The minimum Gasteiger partial charge on any atom is -0.389 e. The largest absolute Gasteiger partial charge is 0.389 e. The lowest BCUT2D eigenvalue weighted by Crippen LogP contribution is -2.19. The van der Waals surface area contributed by atoms with E-state index >= 15 is 0 Å². The van der Waals surface area contributed by atoms with Crippen LogP contribution in [-0.4, -0.2) is 27.1 Å². The van der Waals surface area contributed by atoms with E-state index in [0.717, 1.165) is 15.4 Å². The standard InChI is InChI=1S/C11H12BrNO2S/c12-6-1-2-9-7(3-6)8(4-13-9)11(15)10(14)5-16/h1-4,10-11,13-16H,5H2. The van der Waals surface area contributed by atoms with Crippen LogP contribution in [0, 0.1) is 0 Å². The molecule has 0 spiro atoms. The number of aliphatic hydroxyl groups excluding tert-OH is 2. The third kappa shape index (κ3) is 2.13. The Labute approximate surface area is 107 Å². The molecule has 5 heteroatoms. The smallest absolute Gasteiger partial charge is 0.108 e. The Bertz CT molecular complexity index is 500. The highest BCUT2D eigenvalue weighted by molar-refractivity contribution is 9.10. The number of H-pyrrole nitrogens is 1. The topological polar surface area (TPSA) is 56.2 Å². The maximum atomic E-state index is 9.93. The fraction of sp³-hybridized carbons (Fsp3) is 0.273. The number of nitrogens with one attached hydrogen (secondary N) is 1. The van der Waals surface area contributed by atoms with Gasteiger partial charge in [0.1, 0.15) is 6.10 Å². The molecule has 0 aliphatic carbocycles. The van der Waals surface area contributed by atoms with E-state index in [4.69, 9.17) is 0 Å². The minimum absolute atomic E-state index is 0.224. The lowest BCUT2D eigenvalue weighted by atomic mass is 10.0. The quantitative estimate of drug-likeness (QED) is 0.657. The number of aliphatic hydroxyl groups is 2. The second-order valence-corrected chi connectivity index (χ2v) is 4.91. The zero-order valence-corrected chi connectivity index (χ0v) is 10.9. The number of thiol groups is 1. The fourth-order valence-electron chi connectivity index (χ4n) is 1.67. The first-order valence-electron chi connectivity index (χ1n) is 4.87. The molecule has 0 aliphatic rings. The van der Waals surface area contributed by atoms with Gasteiger partial charge in [-0.15, -0.1) is 0 Å². The van der Waals surface area contributed by atoms with E-state index in [1.165, 1.54) is 0 Å². The molecule has 2 unspecified atom stereocenters. The van der Waals surface area contributed by atoms with E-state index in [0.29, 0.717) is 5.56 Å². The number of aromatic nitrogens is 1. The van der Waals surface area contributed by atoms with Crippen molar-refractivity contribution < 1.29 is 10.2 Å². The molecule has 0 saturated heterocycles. The summed E-state index contributed by atoms with van der Waals surface area (Å²) in [5.74, 6) is 0.224. The third-order valence-electron chi connectivity index (χ3n) is 2.55. The van der Waals surface area contributed by atoms with Crippen LogP contribution in [0.25, 0.3) is 10.9 Å². The molecule has 0 bridgehead atoms. The van der Waals surface area contributed by atoms with Crippen molar-refractivity contribution >= 4 is 39.5 Å². The van der Waals surface area contributed by atoms with Gasteiger partial charge in [0.2, 0.25) is 0 Å². The Hall–Kier alpha value is -0.490. The van der Waals surface area contributed by atoms with Gasteiger partial charge in [-0.3, -0.25) is 0 Å². The van der Waals surface area contributed by atoms with Crippen LogP contribution in [0.2, 0.25) is 0 Å². The molecule has 2 rings (SSSR count). The van der Waals surface area contributed by atoms with Crippen molar-refractivity contribution in [3.8, 4) is 0 Å². The van der Waals surface area contributed by atoms with Crippen LogP contribution in [0.4, 0.5) is 0 Å². The molecular weight excluding hydrogens is 290 g/mol. The van der Waals surface area contributed by atoms with Crippen molar-refractivity contribution in [3.63, 3.8) is 0 Å². The van der Waals surface area contributed by atoms with Gasteiger partial charge >= 0.3 is 0 Å². The van der Waals surface area contributed by atoms with Crippen molar-refractivity contribution in [1.82, 2.24) is 4.98 Å². The number of rotatable bonds is 3. The molecule has 1 aromatic heterocycles. The molecule has 1 heterocycles. The van der Waals surface area contributed by atoms with E-state index in [-0.39, 0.29) is 5.75 Å². The molecule has 3 nitrogen and oxygen atoms in total. The number of fused-ring (bicyclic) bond motifs is 1. The second-order valence-electron chi connectivity index (χ2n) is 3.63. The number of benzene rings is 1. The predicted molar refractivity (Wildman–Crippen MR) is 70.8 cm³/mol. The third-order valence-corrected chi connectivity index (χ3v) is 3.41. The minimum atomic E-state index is -0.916. The average molecular weight is 302 g/mol. The van der Waals surface area contributed by atoms with E-state index in [1.807, 2.05) is 18.2 Å². The highest BCUT2D eigenvalue weighted by Crippen LogP contribution is 2.28. The maximum Gasteiger partial charge on any atom is 0.108 e. The summed E-state index contributed by atoms with van der Waals surface area (Å²) in [5, 5.41) is 20.4. The van der Waals surface area contributed by atoms with Gasteiger partial charge < -0.3 is 15.2 Å². The van der Waals surface area contributed by atoms with Gasteiger partial charge in [-0.2, -0.15) is 12.6 Å². The molecule has 2 atom stereocenters. The number of hydrogen-bond donors (Lipinski definition) is 4. The van der Waals surface area contributed by atoms with Gasteiger partial charge in [-0.05, 0) is 18.2 Å². The number of hydrogen-bond acceptors (Lipinski definition) is 3. The monoisotopic (exact) mass is 301 g/mol. The molecule has 0 fully saturated rings. The van der Waals surface area contributed by atoms with Crippen LogP contribution >= 0.6 is 28.6 Å². The van der Waals surface area contributed by atoms with Gasteiger partial charge in [-0.25, -0.2) is 0 Å². The SMILES string of the molecule is OC(CS)C(O)c1c[nH]c2ccc(Br)cc12. The maximum absolute atomic E-state index is 9.93. The molecule has 2 aromatic rings. The summed E-state index contributed by atoms with van der Waals surface area (Å²) in [6.07, 6.45) is -0.0594.